The van der Waals surface area contributed by atoms with Crippen LogP contribution in [-0.2, 0) is 27.8 Å². The summed E-state index contributed by atoms with van der Waals surface area (Å²) >= 11 is 0. The molecule has 1 saturated heterocycles. The van der Waals surface area contributed by atoms with Crippen molar-refractivity contribution in [3.05, 3.63) is 32.6 Å². The number of hydrogen-bond acceptors (Lipinski definition) is 11. The summed E-state index contributed by atoms with van der Waals surface area (Å²) in [4.78, 5) is 26.3. The highest BCUT2D eigenvalue weighted by Gasteiger charge is 2.46. The van der Waals surface area contributed by atoms with Crippen molar-refractivity contribution in [2.75, 3.05) is 40.1 Å². The fourth-order valence-corrected chi connectivity index (χ4v) is 4.41. The number of methoxy groups -OCH3 is 1. The van der Waals surface area contributed by atoms with E-state index in [1.54, 1.807) is 0 Å². The number of aromatic nitrogens is 2. The molecule has 1 unspecified atom stereocenters. The summed E-state index contributed by atoms with van der Waals surface area (Å²) in [6.07, 6.45) is -3.22. The Balaban J connectivity index is 2.21. The molecule has 0 amide bonds. The first-order valence-electron chi connectivity index (χ1n) is 10.4. The van der Waals surface area contributed by atoms with Crippen molar-refractivity contribution in [1.82, 2.24) is 14.6 Å². The minimum absolute atomic E-state index is 0.0399. The third-order valence-corrected chi connectivity index (χ3v) is 6.38. The number of nitrogens with zero attached hydrogens (tertiary/aromatic N) is 3. The second-order valence-electron chi connectivity index (χ2n) is 7.20. The molecule has 1 fully saturated rings. The van der Waals surface area contributed by atoms with Crippen molar-refractivity contribution in [1.29, 1.82) is 10.5 Å². The highest BCUT2D eigenvalue weighted by Crippen LogP contribution is 2.44. The third kappa shape index (κ3) is 7.56. The standard InChI is InChI=1S/C19H28N5O9P/c1-13-12-24(19(27)23-17(13)26)18-16(30-10-9-29-2)15(25)14(33-18)11-22-34(28,31-7-3-5-20)32-8-4-6-21/h12,14-16,18,25H,3-4,7-11H2,1-2H3,(H,22,28)(H,23,26,27)/t14-,15-,16-,18?/m1/s1. The van der Waals surface area contributed by atoms with Crippen LogP contribution in [0, 0.1) is 29.6 Å². The molecule has 1 aromatic rings. The summed E-state index contributed by atoms with van der Waals surface area (Å²) in [6, 6.07) is 3.70. The van der Waals surface area contributed by atoms with Crippen LogP contribution in [0.4, 0.5) is 0 Å². The molecule has 0 spiro atoms. The molecular formula is C19H28N5O9P. The van der Waals surface area contributed by atoms with E-state index >= 15 is 0 Å². The number of rotatable bonds is 14. The monoisotopic (exact) mass is 501 g/mol. The molecule has 0 bridgehead atoms. The van der Waals surface area contributed by atoms with Crippen LogP contribution in [0.3, 0.4) is 0 Å². The number of ether oxygens (including phenoxy) is 3. The largest absolute Gasteiger partial charge is 0.405 e. The molecular weight excluding hydrogens is 473 g/mol. The average Bonchev–Trinajstić information content (AvgIpc) is 3.11. The molecule has 2 heterocycles. The Morgan fingerprint density at radius 3 is 2.44 bits per heavy atom. The predicted octanol–water partition coefficient (Wildman–Crippen LogP) is -0.307. The van der Waals surface area contributed by atoms with Crippen LogP contribution in [0.25, 0.3) is 0 Å². The van der Waals surface area contributed by atoms with Gasteiger partial charge in [0, 0.05) is 25.4 Å². The summed E-state index contributed by atoms with van der Waals surface area (Å²) in [5.74, 6) is 0. The lowest BCUT2D eigenvalue weighted by molar-refractivity contribution is -0.0795. The van der Waals surface area contributed by atoms with Crippen molar-refractivity contribution in [2.45, 2.75) is 44.3 Å². The summed E-state index contributed by atoms with van der Waals surface area (Å²) < 4.78 is 40.9. The fraction of sp³-hybridized carbons (Fsp3) is 0.684. The lowest BCUT2D eigenvalue weighted by Crippen LogP contribution is -2.41. The van der Waals surface area contributed by atoms with Gasteiger partial charge in [0.25, 0.3) is 5.56 Å². The summed E-state index contributed by atoms with van der Waals surface area (Å²) in [7, 11) is -2.47. The maximum Gasteiger partial charge on any atom is 0.405 e. The second-order valence-corrected chi connectivity index (χ2v) is 9.03. The van der Waals surface area contributed by atoms with Gasteiger partial charge in [0.05, 0.1) is 51.4 Å². The zero-order valence-electron chi connectivity index (χ0n) is 18.8. The normalized spacial score (nSPS) is 22.4. The molecule has 188 valence electrons. The van der Waals surface area contributed by atoms with Gasteiger partial charge < -0.3 is 19.3 Å². The van der Waals surface area contributed by atoms with Crippen molar-refractivity contribution in [3.63, 3.8) is 0 Å². The number of nitrogens with one attached hydrogen (secondary N) is 2. The van der Waals surface area contributed by atoms with Crippen LogP contribution >= 0.6 is 7.75 Å². The Kier molecular flexibility index (Phi) is 11.0. The predicted molar refractivity (Wildman–Crippen MR) is 116 cm³/mol. The van der Waals surface area contributed by atoms with Crippen molar-refractivity contribution in [3.8, 4) is 12.1 Å². The number of nitriles is 2. The summed E-state index contributed by atoms with van der Waals surface area (Å²) in [6.45, 7) is 1.20. The zero-order valence-corrected chi connectivity index (χ0v) is 19.7. The first-order chi connectivity index (χ1) is 16.3. The Bertz CT molecular complexity index is 1020. The van der Waals surface area contributed by atoms with Gasteiger partial charge in [-0.1, -0.05) is 0 Å². The van der Waals surface area contributed by atoms with Crippen LogP contribution in [0.15, 0.2) is 15.8 Å². The van der Waals surface area contributed by atoms with E-state index < -0.39 is 43.5 Å². The zero-order chi connectivity index (χ0) is 25.1. The van der Waals surface area contributed by atoms with Gasteiger partial charge in [-0.25, -0.2) is 14.4 Å². The molecule has 4 atom stereocenters. The van der Waals surface area contributed by atoms with Gasteiger partial charge in [-0.3, -0.25) is 23.4 Å². The molecule has 0 saturated carbocycles. The van der Waals surface area contributed by atoms with E-state index in [0.717, 1.165) is 4.57 Å². The molecule has 3 N–H and O–H groups in total. The van der Waals surface area contributed by atoms with Gasteiger partial charge >= 0.3 is 13.4 Å². The Morgan fingerprint density at radius 1 is 1.21 bits per heavy atom. The molecule has 15 heteroatoms. The van der Waals surface area contributed by atoms with E-state index in [1.165, 1.54) is 20.2 Å². The quantitative estimate of drug-likeness (QED) is 0.222. The van der Waals surface area contributed by atoms with E-state index in [4.69, 9.17) is 33.8 Å². The smallest absolute Gasteiger partial charge is 0.387 e. The van der Waals surface area contributed by atoms with Gasteiger partial charge in [0.2, 0.25) is 0 Å². The molecule has 1 aliphatic rings. The molecule has 34 heavy (non-hydrogen) atoms. The number of aliphatic hydroxyl groups excluding tert-OH is 1. The fourth-order valence-electron chi connectivity index (χ4n) is 3.09. The van der Waals surface area contributed by atoms with Crippen LogP contribution in [0.1, 0.15) is 24.6 Å². The molecule has 0 aliphatic carbocycles. The molecule has 0 aromatic carbocycles. The number of H-pyrrole nitrogens is 1. The molecule has 14 nitrogen and oxygen atoms in total. The highest BCUT2D eigenvalue weighted by molar-refractivity contribution is 7.51. The summed E-state index contributed by atoms with van der Waals surface area (Å²) in [5, 5.41) is 30.8. The van der Waals surface area contributed by atoms with Crippen molar-refractivity contribution < 1.29 is 32.9 Å². The van der Waals surface area contributed by atoms with E-state index in [2.05, 4.69) is 10.1 Å². The van der Waals surface area contributed by atoms with Gasteiger partial charge in [-0.2, -0.15) is 10.5 Å². The minimum atomic E-state index is -3.94. The van der Waals surface area contributed by atoms with Crippen LogP contribution in [-0.4, -0.2) is 73.1 Å². The van der Waals surface area contributed by atoms with Crippen molar-refractivity contribution in [2.24, 2.45) is 0 Å². The second kappa shape index (κ2) is 13.5. The number of hydrogen-bond donors (Lipinski definition) is 3. The highest BCUT2D eigenvalue weighted by atomic mass is 31.2. The van der Waals surface area contributed by atoms with Crippen LogP contribution in [0.5, 0.6) is 0 Å². The number of aliphatic hydroxyl groups is 1. The number of aryl methyl sites for hydroxylation is 1. The van der Waals surface area contributed by atoms with Gasteiger partial charge in [-0.05, 0) is 6.92 Å². The van der Waals surface area contributed by atoms with E-state index in [0.29, 0.717) is 0 Å². The lowest BCUT2D eigenvalue weighted by atomic mass is 10.1. The SMILES string of the molecule is COCCO[C@H]1C(n2cc(C)c(=O)[nH]c2=O)O[C@H](CNP(=O)(OCCC#N)OCCC#N)[C@H]1O. The molecule has 1 aromatic heterocycles. The minimum Gasteiger partial charge on any atom is -0.387 e. The first kappa shape index (κ1) is 27.9. The third-order valence-electron chi connectivity index (χ3n) is 4.77. The van der Waals surface area contributed by atoms with Gasteiger partial charge in [0.15, 0.2) is 6.23 Å². The maximum atomic E-state index is 13.0. The molecule has 2 rings (SSSR count). The Morgan fingerprint density at radius 2 is 1.85 bits per heavy atom. The van der Waals surface area contributed by atoms with Gasteiger partial charge in [0.1, 0.15) is 18.3 Å². The van der Waals surface area contributed by atoms with Crippen molar-refractivity contribution >= 4 is 7.75 Å². The van der Waals surface area contributed by atoms with E-state index in [-0.39, 0.29) is 51.4 Å². The van der Waals surface area contributed by atoms with E-state index in [9.17, 15) is 19.3 Å². The topological polar surface area (TPSA) is 198 Å². The molecule has 0 radical (unpaired) electrons. The van der Waals surface area contributed by atoms with E-state index in [1.807, 2.05) is 12.1 Å². The maximum absolute atomic E-state index is 13.0. The van der Waals surface area contributed by atoms with Crippen LogP contribution < -0.4 is 16.3 Å². The lowest BCUT2D eigenvalue weighted by Gasteiger charge is -2.22. The summed E-state index contributed by atoms with van der Waals surface area (Å²) in [5.41, 5.74) is -1.07. The van der Waals surface area contributed by atoms with Crippen LogP contribution in [0.2, 0.25) is 0 Å². The Labute approximate surface area is 195 Å². The van der Waals surface area contributed by atoms with Gasteiger partial charge in [-0.15, -0.1) is 0 Å². The Hall–Kier alpha value is -2.39. The number of aromatic amines is 1. The average molecular weight is 501 g/mol. The molecule has 1 aliphatic heterocycles. The first-order valence-corrected chi connectivity index (χ1v) is 11.9.